The SMILES string of the molecule is CC/C=C\C/C=C\C/C=C\C/C=C\C/C=C\C/C=C\C/C=C\C/C=C\C/C=C\CCCCCCCCCC(=O)NC(COP(=O)([O-])OCC[N+](C)(C)C)C(O)/C=C/CCCCCCCC. The zero-order valence-electron chi connectivity index (χ0n) is 41.9. The first kappa shape index (κ1) is 61.9. The molecular weight excluding hydrogens is 828 g/mol. The van der Waals surface area contributed by atoms with Gasteiger partial charge in [-0.2, -0.15) is 0 Å². The number of hydrogen-bond donors (Lipinski definition) is 2. The molecule has 0 bridgehead atoms. The van der Waals surface area contributed by atoms with Gasteiger partial charge in [0.1, 0.15) is 13.2 Å². The van der Waals surface area contributed by atoms with Crippen LogP contribution in [0.2, 0.25) is 0 Å². The number of aliphatic hydroxyl groups is 1. The first-order valence-electron chi connectivity index (χ1n) is 25.4. The van der Waals surface area contributed by atoms with Crippen LogP contribution in [0.5, 0.6) is 0 Å². The first-order valence-corrected chi connectivity index (χ1v) is 26.9. The maximum Gasteiger partial charge on any atom is 0.268 e. The van der Waals surface area contributed by atoms with Crippen molar-refractivity contribution in [3.63, 3.8) is 0 Å². The highest BCUT2D eigenvalue weighted by Gasteiger charge is 2.23. The lowest BCUT2D eigenvalue weighted by Gasteiger charge is -2.29. The summed E-state index contributed by atoms with van der Waals surface area (Å²) in [7, 11) is 1.23. The average Bonchev–Trinajstić information content (AvgIpc) is 3.26. The topological polar surface area (TPSA) is 108 Å². The molecule has 0 aliphatic carbocycles. The van der Waals surface area contributed by atoms with Crippen molar-refractivity contribution in [2.75, 3.05) is 40.9 Å². The van der Waals surface area contributed by atoms with Crippen molar-refractivity contribution in [2.45, 2.75) is 187 Å². The zero-order chi connectivity index (χ0) is 47.8. The van der Waals surface area contributed by atoms with E-state index in [1.54, 1.807) is 6.08 Å². The Morgan fingerprint density at radius 1 is 0.554 bits per heavy atom. The number of allylic oxidation sites excluding steroid dienone is 19. The fourth-order valence-electron chi connectivity index (χ4n) is 6.44. The Morgan fingerprint density at radius 2 is 0.938 bits per heavy atom. The number of nitrogens with zero attached hydrogens (tertiary/aromatic N) is 1. The lowest BCUT2D eigenvalue weighted by atomic mass is 10.1. The van der Waals surface area contributed by atoms with E-state index in [1.807, 2.05) is 27.2 Å². The Morgan fingerprint density at radius 3 is 1.37 bits per heavy atom. The molecule has 65 heavy (non-hydrogen) atoms. The maximum absolute atomic E-state index is 12.8. The molecule has 3 unspecified atom stereocenters. The second-order valence-corrected chi connectivity index (χ2v) is 19.2. The summed E-state index contributed by atoms with van der Waals surface area (Å²) in [6.07, 6.45) is 68.5. The van der Waals surface area contributed by atoms with Gasteiger partial charge in [-0.1, -0.05) is 200 Å². The van der Waals surface area contributed by atoms with Gasteiger partial charge in [0.25, 0.3) is 7.82 Å². The normalized spacial score (nSPS) is 15.1. The minimum atomic E-state index is -4.59. The van der Waals surface area contributed by atoms with Crippen LogP contribution in [-0.2, 0) is 18.4 Å². The fraction of sp³-hybridized carbons (Fsp3) is 0.625. The molecule has 8 nitrogen and oxygen atoms in total. The molecular formula is C56H95N2O6P. The Labute approximate surface area is 399 Å². The van der Waals surface area contributed by atoms with Crippen molar-refractivity contribution >= 4 is 13.7 Å². The van der Waals surface area contributed by atoms with Crippen molar-refractivity contribution in [3.8, 4) is 0 Å². The summed E-state index contributed by atoms with van der Waals surface area (Å²) >= 11 is 0. The highest BCUT2D eigenvalue weighted by molar-refractivity contribution is 7.45. The lowest BCUT2D eigenvalue weighted by Crippen LogP contribution is -2.45. The lowest BCUT2D eigenvalue weighted by molar-refractivity contribution is -0.870. The molecule has 0 saturated carbocycles. The van der Waals surface area contributed by atoms with Gasteiger partial charge in [-0.05, 0) is 89.9 Å². The molecule has 1 amide bonds. The van der Waals surface area contributed by atoms with Gasteiger partial charge in [-0.25, -0.2) is 0 Å². The predicted molar refractivity (Wildman–Crippen MR) is 279 cm³/mol. The van der Waals surface area contributed by atoms with E-state index in [9.17, 15) is 19.4 Å². The minimum absolute atomic E-state index is 0.0102. The van der Waals surface area contributed by atoms with Crippen molar-refractivity contribution < 1.29 is 32.9 Å². The highest BCUT2D eigenvalue weighted by Crippen LogP contribution is 2.38. The van der Waals surface area contributed by atoms with Gasteiger partial charge in [0.2, 0.25) is 5.91 Å². The molecule has 0 saturated heterocycles. The molecule has 3 atom stereocenters. The zero-order valence-corrected chi connectivity index (χ0v) is 42.8. The Balaban J connectivity index is 4.12. The van der Waals surface area contributed by atoms with E-state index in [4.69, 9.17) is 9.05 Å². The monoisotopic (exact) mass is 923 g/mol. The third-order valence-corrected chi connectivity index (χ3v) is 11.4. The number of unbranched alkanes of at least 4 members (excludes halogenated alkanes) is 13. The summed E-state index contributed by atoms with van der Waals surface area (Å²) in [6, 6.07) is -0.898. The Kier molecular flexibility index (Phi) is 43.8. The quantitative estimate of drug-likeness (QED) is 0.0273. The largest absolute Gasteiger partial charge is 0.756 e. The van der Waals surface area contributed by atoms with Gasteiger partial charge in [0, 0.05) is 6.42 Å². The second kappa shape index (κ2) is 46.0. The van der Waals surface area contributed by atoms with Crippen LogP contribution in [0, 0.1) is 0 Å². The molecule has 0 heterocycles. The molecule has 0 fully saturated rings. The Bertz CT molecular complexity index is 1460. The number of aliphatic hydroxyl groups excluding tert-OH is 1. The van der Waals surface area contributed by atoms with E-state index in [2.05, 4.69) is 129 Å². The third kappa shape index (κ3) is 48.6. The van der Waals surface area contributed by atoms with E-state index < -0.39 is 26.6 Å². The van der Waals surface area contributed by atoms with Crippen LogP contribution in [-0.4, -0.2) is 68.5 Å². The number of quaternary nitrogens is 1. The van der Waals surface area contributed by atoms with Gasteiger partial charge in [-0.3, -0.25) is 9.36 Å². The fourth-order valence-corrected chi connectivity index (χ4v) is 7.16. The number of amides is 1. The van der Waals surface area contributed by atoms with Crippen LogP contribution in [0.25, 0.3) is 0 Å². The number of nitrogens with one attached hydrogen (secondary N) is 1. The number of hydrogen-bond acceptors (Lipinski definition) is 6. The maximum atomic E-state index is 12.8. The molecule has 0 aromatic carbocycles. The molecule has 0 spiro atoms. The molecule has 9 heteroatoms. The van der Waals surface area contributed by atoms with Gasteiger partial charge in [-0.15, -0.1) is 0 Å². The summed E-state index contributed by atoms with van der Waals surface area (Å²) in [6.45, 7) is 4.44. The number of carbonyl (C=O) groups excluding carboxylic acids is 1. The van der Waals surface area contributed by atoms with E-state index in [0.29, 0.717) is 17.4 Å². The summed E-state index contributed by atoms with van der Waals surface area (Å²) in [5, 5.41) is 13.7. The molecule has 0 aliphatic rings. The summed E-state index contributed by atoms with van der Waals surface area (Å²) in [5.74, 6) is -0.219. The van der Waals surface area contributed by atoms with Crippen LogP contribution >= 0.6 is 7.82 Å². The standard InChI is InChI=1S/C56H95N2O6P/c1-6-8-10-12-14-16-17-18-19-20-21-22-23-24-25-26-27-28-29-30-31-32-33-34-35-36-37-38-39-40-41-42-44-46-48-50-56(60)57-54(53-64-65(61,62)63-52-51-58(3,4)5)55(59)49-47-45-43-15-13-11-9-7-2/h8,10,14,16,18-19,21-22,24-25,27-28,30-31,33-34,36-37,47,49,54-55,59H,6-7,9,11-13,15,17,20,23,26,29,32,35,38-46,48,50-53H2,1-5H3,(H-,57,60,61,62)/b10-8-,16-14-,19-18-,22-21-,25-24-,28-27-,31-30-,34-33-,37-36-,49-47+. The average molecular weight is 923 g/mol. The number of phosphoric acid groups is 1. The van der Waals surface area contributed by atoms with Gasteiger partial charge >= 0.3 is 0 Å². The van der Waals surface area contributed by atoms with Crippen LogP contribution in [0.3, 0.4) is 0 Å². The van der Waals surface area contributed by atoms with Crippen molar-refractivity contribution in [1.29, 1.82) is 0 Å². The number of likely N-dealkylation sites (N-methyl/N-ethyl adjacent to an activating group) is 1. The minimum Gasteiger partial charge on any atom is -0.756 e. The molecule has 0 aromatic heterocycles. The van der Waals surface area contributed by atoms with E-state index in [1.165, 1.54) is 44.9 Å². The van der Waals surface area contributed by atoms with Gasteiger partial charge < -0.3 is 28.8 Å². The molecule has 0 aliphatic heterocycles. The van der Waals surface area contributed by atoms with Gasteiger partial charge in [0.05, 0.1) is 39.9 Å². The number of rotatable bonds is 44. The smallest absolute Gasteiger partial charge is 0.268 e. The summed E-state index contributed by atoms with van der Waals surface area (Å²) in [5.41, 5.74) is 0. The summed E-state index contributed by atoms with van der Waals surface area (Å²) < 4.78 is 23.1. The van der Waals surface area contributed by atoms with Crippen LogP contribution in [0.1, 0.15) is 174 Å². The van der Waals surface area contributed by atoms with Crippen molar-refractivity contribution in [2.24, 2.45) is 0 Å². The number of carbonyl (C=O) groups is 1. The summed E-state index contributed by atoms with van der Waals surface area (Å²) in [4.78, 5) is 25.3. The highest BCUT2D eigenvalue weighted by atomic mass is 31.2. The number of phosphoric ester groups is 1. The molecule has 0 rings (SSSR count). The molecule has 2 N–H and O–H groups in total. The second-order valence-electron chi connectivity index (χ2n) is 17.8. The van der Waals surface area contributed by atoms with Crippen molar-refractivity contribution in [3.05, 3.63) is 122 Å². The van der Waals surface area contributed by atoms with Crippen LogP contribution < -0.4 is 10.2 Å². The van der Waals surface area contributed by atoms with E-state index >= 15 is 0 Å². The van der Waals surface area contributed by atoms with Crippen LogP contribution in [0.4, 0.5) is 0 Å². The van der Waals surface area contributed by atoms with E-state index in [0.717, 1.165) is 109 Å². The first-order chi connectivity index (χ1) is 31.5. The third-order valence-electron chi connectivity index (χ3n) is 10.4. The molecule has 0 aromatic rings. The predicted octanol–water partition coefficient (Wildman–Crippen LogP) is 14.4. The van der Waals surface area contributed by atoms with Crippen LogP contribution in [0.15, 0.2) is 122 Å². The molecule has 0 radical (unpaired) electrons. The van der Waals surface area contributed by atoms with Crippen molar-refractivity contribution in [1.82, 2.24) is 5.32 Å². The van der Waals surface area contributed by atoms with Gasteiger partial charge in [0.15, 0.2) is 0 Å². The van der Waals surface area contributed by atoms with E-state index in [-0.39, 0.29) is 12.5 Å². The Hall–Kier alpha value is -3.10. The molecule has 370 valence electrons.